The number of nitrogens with one attached hydrogen (secondary N) is 1. The van der Waals surface area contributed by atoms with E-state index in [1.54, 1.807) is 0 Å². The van der Waals surface area contributed by atoms with Gasteiger partial charge in [0.2, 0.25) is 0 Å². The second kappa shape index (κ2) is 9.86. The van der Waals surface area contributed by atoms with Gasteiger partial charge >= 0.3 is 5.97 Å². The first kappa shape index (κ1) is 21.6. The lowest BCUT2D eigenvalue weighted by molar-refractivity contribution is -0.138. The smallest absolute Gasteiger partial charge is 0.327 e. The van der Waals surface area contributed by atoms with Crippen molar-refractivity contribution < 1.29 is 23.1 Å². The average molecular weight is 435 g/mol. The van der Waals surface area contributed by atoms with Gasteiger partial charge in [-0.3, -0.25) is 9.78 Å². The number of amides is 1. The number of sulfone groups is 1. The summed E-state index contributed by atoms with van der Waals surface area (Å²) in [7, 11) is -3.65. The van der Waals surface area contributed by atoms with Crippen LogP contribution >= 0.6 is 15.9 Å². The van der Waals surface area contributed by atoms with Crippen LogP contribution in [-0.4, -0.2) is 47.4 Å². The predicted octanol–water partition coefficient (Wildman–Crippen LogP) is 2.41. The summed E-state index contributed by atoms with van der Waals surface area (Å²) in [5.41, 5.74) is 0.150. The minimum absolute atomic E-state index is 0.150. The highest BCUT2D eigenvalue weighted by molar-refractivity contribution is 9.10. The van der Waals surface area contributed by atoms with Gasteiger partial charge < -0.3 is 10.4 Å². The summed E-state index contributed by atoms with van der Waals surface area (Å²) in [5.74, 6) is -2.69. The van der Waals surface area contributed by atoms with Crippen LogP contribution in [-0.2, 0) is 14.6 Å². The Balaban J connectivity index is 2.93. The zero-order chi connectivity index (χ0) is 19.0. The Hall–Kier alpha value is -1.48. The fraction of sp³-hybridized carbons (Fsp3) is 0.562. The SMILES string of the molecule is CCCC(CCC)S(=O)(=O)C[C@@H](NC(=O)c1cncc(Br)c1)C(=O)O. The number of rotatable bonds is 10. The number of halogens is 1. The molecular weight excluding hydrogens is 412 g/mol. The van der Waals surface area contributed by atoms with Gasteiger partial charge in [0.25, 0.3) is 5.91 Å². The Morgan fingerprint density at radius 2 is 1.84 bits per heavy atom. The zero-order valence-electron chi connectivity index (χ0n) is 14.2. The molecule has 7 nitrogen and oxygen atoms in total. The van der Waals surface area contributed by atoms with Gasteiger partial charge in [0.1, 0.15) is 6.04 Å². The van der Waals surface area contributed by atoms with Crippen molar-refractivity contribution in [3.05, 3.63) is 28.5 Å². The zero-order valence-corrected chi connectivity index (χ0v) is 16.6. The Kier molecular flexibility index (Phi) is 8.51. The van der Waals surface area contributed by atoms with Crippen molar-refractivity contribution >= 4 is 37.6 Å². The van der Waals surface area contributed by atoms with Crippen molar-refractivity contribution in [3.63, 3.8) is 0 Å². The van der Waals surface area contributed by atoms with Gasteiger partial charge in [0, 0.05) is 16.9 Å². The van der Waals surface area contributed by atoms with Gasteiger partial charge in [0.15, 0.2) is 9.84 Å². The molecule has 1 aromatic rings. The summed E-state index contributed by atoms with van der Waals surface area (Å²) >= 11 is 3.17. The second-order valence-corrected chi connectivity index (χ2v) is 9.03. The molecule has 0 saturated heterocycles. The van der Waals surface area contributed by atoms with E-state index in [0.29, 0.717) is 30.2 Å². The number of carbonyl (C=O) groups is 2. The molecule has 1 aromatic heterocycles. The van der Waals surface area contributed by atoms with Gasteiger partial charge in [-0.25, -0.2) is 13.2 Å². The summed E-state index contributed by atoms with van der Waals surface area (Å²) in [4.78, 5) is 27.5. The molecule has 2 N–H and O–H groups in total. The van der Waals surface area contributed by atoms with E-state index < -0.39 is 38.8 Å². The summed E-state index contributed by atoms with van der Waals surface area (Å²) in [6.45, 7) is 3.77. The van der Waals surface area contributed by atoms with Crippen LogP contribution in [0, 0.1) is 0 Å². The number of carbonyl (C=O) groups excluding carboxylic acids is 1. The number of aromatic nitrogens is 1. The third-order valence-electron chi connectivity index (χ3n) is 3.70. The molecule has 0 saturated carbocycles. The summed E-state index contributed by atoms with van der Waals surface area (Å²) < 4.78 is 25.7. The first-order chi connectivity index (χ1) is 11.7. The average Bonchev–Trinajstić information content (AvgIpc) is 2.53. The lowest BCUT2D eigenvalue weighted by Crippen LogP contribution is -2.47. The molecule has 0 aromatic carbocycles. The highest BCUT2D eigenvalue weighted by Gasteiger charge is 2.32. The van der Waals surface area contributed by atoms with E-state index in [1.165, 1.54) is 18.5 Å². The highest BCUT2D eigenvalue weighted by atomic mass is 79.9. The van der Waals surface area contributed by atoms with Gasteiger partial charge in [-0.2, -0.15) is 0 Å². The molecule has 0 aliphatic rings. The van der Waals surface area contributed by atoms with Crippen LogP contribution < -0.4 is 5.32 Å². The summed E-state index contributed by atoms with van der Waals surface area (Å²) in [6, 6.07) is -0.0279. The third-order valence-corrected chi connectivity index (χ3v) is 6.42. The molecule has 0 spiro atoms. The summed E-state index contributed by atoms with van der Waals surface area (Å²) in [5, 5.41) is 11.0. The van der Waals surface area contributed by atoms with Crippen molar-refractivity contribution in [2.75, 3.05) is 5.75 Å². The maximum absolute atomic E-state index is 12.6. The van der Waals surface area contributed by atoms with Crippen LogP contribution in [0.15, 0.2) is 22.9 Å². The van der Waals surface area contributed by atoms with Crippen LogP contribution in [0.4, 0.5) is 0 Å². The Morgan fingerprint density at radius 1 is 1.24 bits per heavy atom. The number of hydrogen-bond donors (Lipinski definition) is 2. The van der Waals surface area contributed by atoms with Crippen LogP contribution in [0.25, 0.3) is 0 Å². The largest absolute Gasteiger partial charge is 0.480 e. The molecule has 0 aliphatic carbocycles. The molecule has 1 heterocycles. The van der Waals surface area contributed by atoms with Crippen LogP contribution in [0.1, 0.15) is 49.9 Å². The van der Waals surface area contributed by atoms with Gasteiger partial charge in [-0.05, 0) is 34.8 Å². The van der Waals surface area contributed by atoms with Crippen LogP contribution in [0.5, 0.6) is 0 Å². The minimum Gasteiger partial charge on any atom is -0.480 e. The lowest BCUT2D eigenvalue weighted by Gasteiger charge is -2.20. The first-order valence-electron chi connectivity index (χ1n) is 8.07. The van der Waals surface area contributed by atoms with Gasteiger partial charge in [-0.1, -0.05) is 26.7 Å². The van der Waals surface area contributed by atoms with Gasteiger partial charge in [0.05, 0.1) is 16.6 Å². The van der Waals surface area contributed by atoms with E-state index in [1.807, 2.05) is 13.8 Å². The highest BCUT2D eigenvalue weighted by Crippen LogP contribution is 2.17. The molecular formula is C16H23BrN2O5S. The number of pyridine rings is 1. The number of hydrogen-bond acceptors (Lipinski definition) is 5. The fourth-order valence-electron chi connectivity index (χ4n) is 2.47. The Morgan fingerprint density at radius 3 is 2.32 bits per heavy atom. The number of carboxylic acids is 1. The van der Waals surface area contributed by atoms with E-state index in [0.717, 1.165) is 0 Å². The molecule has 0 aliphatic heterocycles. The molecule has 0 fully saturated rings. The van der Waals surface area contributed by atoms with E-state index in [9.17, 15) is 23.1 Å². The first-order valence-corrected chi connectivity index (χ1v) is 10.6. The van der Waals surface area contributed by atoms with E-state index >= 15 is 0 Å². The van der Waals surface area contributed by atoms with Gasteiger partial charge in [-0.15, -0.1) is 0 Å². The summed E-state index contributed by atoms with van der Waals surface area (Å²) in [6.07, 6.45) is 5.11. The molecule has 1 rings (SSSR count). The predicted molar refractivity (Wildman–Crippen MR) is 98.2 cm³/mol. The monoisotopic (exact) mass is 434 g/mol. The molecule has 140 valence electrons. The van der Waals surface area contributed by atoms with Crippen molar-refractivity contribution in [2.24, 2.45) is 0 Å². The molecule has 9 heteroatoms. The van der Waals surface area contributed by atoms with Crippen LogP contribution in [0.3, 0.4) is 0 Å². The Labute approximate surface area is 156 Å². The maximum atomic E-state index is 12.6. The third kappa shape index (κ3) is 6.74. The standard InChI is InChI=1S/C16H23BrN2O5S/c1-3-5-13(6-4-2)25(23,24)10-14(16(21)22)19-15(20)11-7-12(17)9-18-8-11/h7-9,13-14H,3-6,10H2,1-2H3,(H,19,20)(H,21,22)/t14-/m1/s1. The van der Waals surface area contributed by atoms with Crippen LogP contribution in [0.2, 0.25) is 0 Å². The normalized spacial score (nSPS) is 12.8. The molecule has 1 atom stereocenters. The molecule has 1 amide bonds. The number of carboxylic acid groups (broad SMARTS) is 1. The topological polar surface area (TPSA) is 113 Å². The molecule has 25 heavy (non-hydrogen) atoms. The second-order valence-electron chi connectivity index (χ2n) is 5.79. The quantitative estimate of drug-likeness (QED) is 0.584. The Bertz CT molecular complexity index is 702. The number of aliphatic carboxylic acids is 1. The molecule has 0 unspecified atom stereocenters. The van der Waals surface area contributed by atoms with Crippen molar-refractivity contribution in [2.45, 2.75) is 50.8 Å². The van der Waals surface area contributed by atoms with Crippen molar-refractivity contribution in [3.8, 4) is 0 Å². The van der Waals surface area contributed by atoms with Crippen molar-refractivity contribution in [1.29, 1.82) is 0 Å². The van der Waals surface area contributed by atoms with E-state index in [4.69, 9.17) is 0 Å². The minimum atomic E-state index is -3.65. The molecule has 0 radical (unpaired) electrons. The fourth-order valence-corrected chi connectivity index (χ4v) is 4.99. The van der Waals surface area contributed by atoms with E-state index in [2.05, 4.69) is 26.2 Å². The number of nitrogens with zero attached hydrogens (tertiary/aromatic N) is 1. The van der Waals surface area contributed by atoms with E-state index in [-0.39, 0.29) is 5.56 Å². The lowest BCUT2D eigenvalue weighted by atomic mass is 10.2. The molecule has 0 bridgehead atoms. The maximum Gasteiger partial charge on any atom is 0.327 e. The van der Waals surface area contributed by atoms with Crippen molar-refractivity contribution in [1.82, 2.24) is 10.3 Å².